The first-order valence-electron chi connectivity index (χ1n) is 13.9. The third-order valence-corrected chi connectivity index (χ3v) is 7.68. The molecule has 0 saturated heterocycles. The number of aromatic amines is 1. The van der Waals surface area contributed by atoms with Gasteiger partial charge in [-0.15, -0.1) is 0 Å². The SMILES string of the molecule is O=C1C(=O)N(CC(=O)N(Cc2cccnc2)[C@@H](C(=O)Nc2ccc3c(c2)OCO3)c2c[nH]c3ccccc23)c2ccccc21. The molecule has 0 saturated carbocycles. The number of carbonyl (C=O) groups is 4. The van der Waals surface area contributed by atoms with E-state index in [0.717, 1.165) is 15.8 Å². The molecule has 3 amide bonds. The Kier molecular flexibility index (Phi) is 6.74. The van der Waals surface area contributed by atoms with Crippen LogP contribution in [0.4, 0.5) is 11.4 Å². The minimum absolute atomic E-state index is 0.00301. The Morgan fingerprint density at radius 1 is 0.977 bits per heavy atom. The van der Waals surface area contributed by atoms with Crippen LogP contribution in [0.5, 0.6) is 11.5 Å². The number of Topliss-reactive ketones (excluding diaryl/α,β-unsaturated/α-hetero) is 1. The monoisotopic (exact) mass is 587 g/mol. The molecule has 1 atom stereocenters. The van der Waals surface area contributed by atoms with Crippen molar-refractivity contribution < 1.29 is 28.7 Å². The lowest BCUT2D eigenvalue weighted by Gasteiger charge is -2.32. The van der Waals surface area contributed by atoms with Gasteiger partial charge in [0.05, 0.1) is 11.3 Å². The minimum atomic E-state index is -1.15. The second-order valence-electron chi connectivity index (χ2n) is 10.4. The molecule has 5 aromatic rings. The van der Waals surface area contributed by atoms with Gasteiger partial charge < -0.3 is 24.7 Å². The summed E-state index contributed by atoms with van der Waals surface area (Å²) in [6.45, 7) is -0.361. The third kappa shape index (κ3) is 4.79. The zero-order valence-electron chi connectivity index (χ0n) is 23.2. The number of rotatable bonds is 8. The highest BCUT2D eigenvalue weighted by atomic mass is 16.7. The van der Waals surface area contributed by atoms with Crippen molar-refractivity contribution in [1.29, 1.82) is 0 Å². The van der Waals surface area contributed by atoms with Gasteiger partial charge >= 0.3 is 0 Å². The molecule has 7 rings (SSSR count). The number of pyridine rings is 1. The van der Waals surface area contributed by atoms with Crippen molar-refractivity contribution in [2.24, 2.45) is 0 Å². The van der Waals surface area contributed by atoms with E-state index in [4.69, 9.17) is 9.47 Å². The summed E-state index contributed by atoms with van der Waals surface area (Å²) in [5.41, 5.74) is 3.05. The fraction of sp³-hybridized carbons (Fsp3) is 0.121. The number of hydrogen-bond donors (Lipinski definition) is 2. The van der Waals surface area contributed by atoms with E-state index < -0.39 is 36.1 Å². The van der Waals surface area contributed by atoms with Gasteiger partial charge in [0.25, 0.3) is 17.6 Å². The average Bonchev–Trinajstić information content (AvgIpc) is 3.75. The fourth-order valence-corrected chi connectivity index (χ4v) is 5.60. The van der Waals surface area contributed by atoms with E-state index in [1.54, 1.807) is 73.2 Å². The molecule has 3 aromatic carbocycles. The second-order valence-corrected chi connectivity index (χ2v) is 10.4. The third-order valence-electron chi connectivity index (χ3n) is 7.68. The summed E-state index contributed by atoms with van der Waals surface area (Å²) in [6.07, 6.45) is 4.94. The summed E-state index contributed by atoms with van der Waals surface area (Å²) in [5.74, 6) is -1.45. The van der Waals surface area contributed by atoms with Gasteiger partial charge in [-0.1, -0.05) is 36.4 Å². The Labute approximate surface area is 251 Å². The lowest BCUT2D eigenvalue weighted by Crippen LogP contribution is -2.46. The van der Waals surface area contributed by atoms with Gasteiger partial charge in [0.15, 0.2) is 11.5 Å². The molecule has 0 fully saturated rings. The highest BCUT2D eigenvalue weighted by Gasteiger charge is 2.40. The van der Waals surface area contributed by atoms with Gasteiger partial charge in [0, 0.05) is 53.4 Å². The van der Waals surface area contributed by atoms with E-state index in [2.05, 4.69) is 15.3 Å². The Morgan fingerprint density at radius 2 is 1.80 bits per heavy atom. The zero-order valence-corrected chi connectivity index (χ0v) is 23.2. The second kappa shape index (κ2) is 11.0. The summed E-state index contributed by atoms with van der Waals surface area (Å²) in [6, 6.07) is 21.5. The van der Waals surface area contributed by atoms with Crippen LogP contribution in [0.15, 0.2) is 97.5 Å². The number of para-hydroxylation sites is 2. The molecule has 11 heteroatoms. The smallest absolute Gasteiger partial charge is 0.299 e. The summed E-state index contributed by atoms with van der Waals surface area (Å²) in [5, 5.41) is 3.69. The molecule has 2 aromatic heterocycles. The van der Waals surface area contributed by atoms with Crippen molar-refractivity contribution in [2.75, 3.05) is 23.6 Å². The first-order chi connectivity index (χ1) is 21.5. The minimum Gasteiger partial charge on any atom is -0.454 e. The van der Waals surface area contributed by atoms with Gasteiger partial charge in [0.1, 0.15) is 12.6 Å². The average molecular weight is 588 g/mol. The Bertz CT molecular complexity index is 1940. The number of aromatic nitrogens is 2. The van der Waals surface area contributed by atoms with Crippen LogP contribution in [-0.2, 0) is 20.9 Å². The van der Waals surface area contributed by atoms with E-state index in [1.807, 2.05) is 24.3 Å². The van der Waals surface area contributed by atoms with Crippen molar-refractivity contribution in [2.45, 2.75) is 12.6 Å². The molecule has 218 valence electrons. The molecule has 44 heavy (non-hydrogen) atoms. The van der Waals surface area contributed by atoms with Gasteiger partial charge in [-0.2, -0.15) is 0 Å². The number of anilines is 2. The van der Waals surface area contributed by atoms with Crippen LogP contribution >= 0.6 is 0 Å². The van der Waals surface area contributed by atoms with Crippen LogP contribution in [0, 0.1) is 0 Å². The Morgan fingerprint density at radius 3 is 2.66 bits per heavy atom. The number of amides is 3. The normalized spacial score (nSPS) is 14.0. The molecule has 0 spiro atoms. The fourth-order valence-electron chi connectivity index (χ4n) is 5.60. The summed E-state index contributed by atoms with van der Waals surface area (Å²) < 4.78 is 10.9. The molecule has 4 heterocycles. The van der Waals surface area contributed by atoms with E-state index in [0.29, 0.717) is 34.0 Å². The number of nitrogens with zero attached hydrogens (tertiary/aromatic N) is 3. The maximum atomic E-state index is 14.3. The zero-order chi connectivity index (χ0) is 30.2. The van der Waals surface area contributed by atoms with E-state index >= 15 is 0 Å². The van der Waals surface area contributed by atoms with Crippen molar-refractivity contribution in [3.8, 4) is 11.5 Å². The largest absolute Gasteiger partial charge is 0.454 e. The molecule has 0 bridgehead atoms. The number of hydrogen-bond acceptors (Lipinski definition) is 7. The van der Waals surface area contributed by atoms with E-state index in [9.17, 15) is 19.2 Å². The lowest BCUT2D eigenvalue weighted by atomic mass is 10.0. The topological polar surface area (TPSA) is 134 Å². The summed E-state index contributed by atoms with van der Waals surface area (Å²) >= 11 is 0. The molecule has 0 radical (unpaired) electrons. The first-order valence-corrected chi connectivity index (χ1v) is 13.9. The molecular weight excluding hydrogens is 562 g/mol. The summed E-state index contributed by atoms with van der Waals surface area (Å²) in [4.78, 5) is 64.3. The number of nitrogens with one attached hydrogen (secondary N) is 2. The highest BCUT2D eigenvalue weighted by Crippen LogP contribution is 2.36. The number of H-pyrrole nitrogens is 1. The molecule has 2 aliphatic rings. The predicted octanol–water partition coefficient (Wildman–Crippen LogP) is 4.23. The Balaban J connectivity index is 1.30. The highest BCUT2D eigenvalue weighted by molar-refractivity contribution is 6.52. The number of fused-ring (bicyclic) bond motifs is 3. The van der Waals surface area contributed by atoms with Gasteiger partial charge in [-0.05, 0) is 42.0 Å². The van der Waals surface area contributed by atoms with Gasteiger partial charge in [-0.25, -0.2) is 0 Å². The molecule has 0 aliphatic carbocycles. The van der Waals surface area contributed by atoms with Gasteiger partial charge in [-0.3, -0.25) is 29.1 Å². The van der Waals surface area contributed by atoms with Crippen LogP contribution in [0.3, 0.4) is 0 Å². The maximum Gasteiger partial charge on any atom is 0.299 e. The maximum absolute atomic E-state index is 14.3. The molecule has 2 N–H and O–H groups in total. The van der Waals surface area contributed by atoms with Crippen LogP contribution in [0.25, 0.3) is 10.9 Å². The number of benzene rings is 3. The molecular formula is C33H25N5O6. The van der Waals surface area contributed by atoms with Gasteiger partial charge in [0.2, 0.25) is 12.7 Å². The first kappa shape index (κ1) is 26.9. The number of carbonyl (C=O) groups excluding carboxylic acids is 4. The summed E-state index contributed by atoms with van der Waals surface area (Å²) in [7, 11) is 0. The molecule has 0 unspecified atom stereocenters. The van der Waals surface area contributed by atoms with Crippen molar-refractivity contribution in [1.82, 2.24) is 14.9 Å². The molecule has 11 nitrogen and oxygen atoms in total. The van der Waals surface area contributed by atoms with Crippen LogP contribution in [-0.4, -0.2) is 51.7 Å². The van der Waals surface area contributed by atoms with E-state index in [1.165, 1.54) is 4.90 Å². The van der Waals surface area contributed by atoms with Crippen molar-refractivity contribution >= 4 is 45.8 Å². The standard InChI is InChI=1S/C33H25N5O6/c39-29(18-37-26-10-4-2-8-23(26)31(40)33(37)42)38(17-20-6-5-13-34-15-20)30(24-16-35-25-9-3-1-7-22(24)25)32(41)36-21-11-12-27-28(14-21)44-19-43-27/h1-16,30,35H,17-19H2,(H,36,41)/t30-/m1/s1. The van der Waals surface area contributed by atoms with Crippen LogP contribution < -0.4 is 19.7 Å². The number of ether oxygens (including phenoxy) is 2. The van der Waals surface area contributed by atoms with Crippen LogP contribution in [0.2, 0.25) is 0 Å². The lowest BCUT2D eigenvalue weighted by molar-refractivity contribution is -0.139. The predicted molar refractivity (Wildman–Crippen MR) is 160 cm³/mol. The quantitative estimate of drug-likeness (QED) is 0.260. The van der Waals surface area contributed by atoms with Crippen LogP contribution in [0.1, 0.15) is 27.5 Å². The number of ketones is 1. The molecule has 2 aliphatic heterocycles. The van der Waals surface area contributed by atoms with Crippen molar-refractivity contribution in [3.05, 3.63) is 114 Å². The van der Waals surface area contributed by atoms with E-state index in [-0.39, 0.29) is 18.9 Å². The van der Waals surface area contributed by atoms with Crippen molar-refractivity contribution in [3.63, 3.8) is 0 Å². The Hall–Kier alpha value is -5.97.